The highest BCUT2D eigenvalue weighted by molar-refractivity contribution is 6.32. The molecule has 66 valence electrons. The van der Waals surface area contributed by atoms with E-state index in [2.05, 4.69) is 6.92 Å². The Hall–Kier alpha value is -0.530. The highest BCUT2D eigenvalue weighted by Gasteiger charge is 2.07. The van der Waals surface area contributed by atoms with Crippen molar-refractivity contribution < 1.29 is 0 Å². The molecule has 0 spiro atoms. The summed E-state index contributed by atoms with van der Waals surface area (Å²) in [6.45, 7) is 4.03. The second kappa shape index (κ2) is 3.92. The largest absolute Gasteiger partial charge is 0.324 e. The Morgan fingerprint density at radius 3 is 2.67 bits per heavy atom. The maximum atomic E-state index is 6.12. The molecule has 1 rings (SSSR count). The van der Waals surface area contributed by atoms with Crippen LogP contribution in [0, 0.1) is 0 Å². The Bertz CT molecular complexity index is 269. The van der Waals surface area contributed by atoms with Crippen molar-refractivity contribution in [1.82, 2.24) is 0 Å². The summed E-state index contributed by atoms with van der Waals surface area (Å²) in [5, 5.41) is 0.829. The Kier molecular flexibility index (Phi) is 3.12. The monoisotopic (exact) mass is 183 g/mol. The molecule has 0 aliphatic carbocycles. The van der Waals surface area contributed by atoms with Crippen molar-refractivity contribution in [2.45, 2.75) is 26.3 Å². The Morgan fingerprint density at radius 1 is 1.50 bits per heavy atom. The molecule has 2 N–H and O–H groups in total. The zero-order chi connectivity index (χ0) is 9.14. The van der Waals surface area contributed by atoms with Crippen molar-refractivity contribution in [2.75, 3.05) is 0 Å². The van der Waals surface area contributed by atoms with Crippen LogP contribution in [0.2, 0.25) is 5.02 Å². The van der Waals surface area contributed by atoms with Crippen LogP contribution in [0.5, 0.6) is 0 Å². The molecule has 1 aromatic carbocycles. The summed E-state index contributed by atoms with van der Waals surface area (Å²) < 4.78 is 0. The van der Waals surface area contributed by atoms with Crippen LogP contribution in [-0.2, 0) is 6.42 Å². The van der Waals surface area contributed by atoms with Crippen LogP contribution in [-0.4, -0.2) is 0 Å². The summed E-state index contributed by atoms with van der Waals surface area (Å²) in [6.07, 6.45) is 0.958. The summed E-state index contributed by atoms with van der Waals surface area (Å²) >= 11 is 6.12. The van der Waals surface area contributed by atoms with Gasteiger partial charge in [-0.3, -0.25) is 0 Å². The van der Waals surface area contributed by atoms with E-state index in [-0.39, 0.29) is 6.04 Å². The number of halogens is 1. The molecule has 0 aliphatic rings. The predicted molar refractivity (Wildman–Crippen MR) is 53.4 cm³/mol. The van der Waals surface area contributed by atoms with Crippen LogP contribution >= 0.6 is 11.6 Å². The third kappa shape index (κ3) is 1.79. The minimum absolute atomic E-state index is 0.0176. The van der Waals surface area contributed by atoms with E-state index in [1.54, 1.807) is 0 Å². The van der Waals surface area contributed by atoms with Gasteiger partial charge < -0.3 is 5.73 Å². The zero-order valence-electron chi connectivity index (χ0n) is 7.47. The number of nitrogens with two attached hydrogens (primary N) is 1. The van der Waals surface area contributed by atoms with E-state index >= 15 is 0 Å². The SMILES string of the molecule is CCc1cccc(C(C)N)c1Cl. The van der Waals surface area contributed by atoms with Crippen LogP contribution in [0.4, 0.5) is 0 Å². The normalized spacial score (nSPS) is 13.0. The fourth-order valence-electron chi connectivity index (χ4n) is 1.22. The van der Waals surface area contributed by atoms with E-state index in [0.29, 0.717) is 0 Å². The van der Waals surface area contributed by atoms with E-state index in [1.807, 2.05) is 25.1 Å². The Balaban J connectivity index is 3.14. The molecule has 0 radical (unpaired) electrons. The molecule has 0 fully saturated rings. The van der Waals surface area contributed by atoms with Crippen molar-refractivity contribution >= 4 is 11.6 Å². The number of hydrogen-bond donors (Lipinski definition) is 1. The first-order chi connectivity index (χ1) is 5.66. The average Bonchev–Trinajstić information content (AvgIpc) is 2.04. The molecule has 12 heavy (non-hydrogen) atoms. The smallest absolute Gasteiger partial charge is 0.0485 e. The van der Waals surface area contributed by atoms with Crippen LogP contribution in [0.25, 0.3) is 0 Å². The first kappa shape index (κ1) is 9.56. The highest BCUT2D eigenvalue weighted by Crippen LogP contribution is 2.25. The molecule has 1 atom stereocenters. The molecule has 0 aromatic heterocycles. The zero-order valence-corrected chi connectivity index (χ0v) is 8.23. The molecule has 1 nitrogen and oxygen atoms in total. The lowest BCUT2D eigenvalue weighted by atomic mass is 10.0. The van der Waals surface area contributed by atoms with Gasteiger partial charge in [-0.2, -0.15) is 0 Å². The highest BCUT2D eigenvalue weighted by atomic mass is 35.5. The molecule has 0 heterocycles. The topological polar surface area (TPSA) is 26.0 Å². The predicted octanol–water partition coefficient (Wildman–Crippen LogP) is 2.92. The summed E-state index contributed by atoms with van der Waals surface area (Å²) in [5.41, 5.74) is 7.96. The number of hydrogen-bond acceptors (Lipinski definition) is 1. The number of benzene rings is 1. The summed E-state index contributed by atoms with van der Waals surface area (Å²) in [5.74, 6) is 0. The fraction of sp³-hybridized carbons (Fsp3) is 0.400. The second-order valence-electron chi connectivity index (χ2n) is 2.96. The summed E-state index contributed by atoms with van der Waals surface area (Å²) in [4.78, 5) is 0. The standard InChI is InChI=1S/C10H14ClN/c1-3-8-5-4-6-9(7(2)12)10(8)11/h4-7H,3,12H2,1-2H3. The van der Waals surface area contributed by atoms with Gasteiger partial charge in [0.05, 0.1) is 0 Å². The Morgan fingerprint density at radius 2 is 2.17 bits per heavy atom. The molecule has 0 amide bonds. The fourth-order valence-corrected chi connectivity index (χ4v) is 1.66. The molecule has 0 saturated carbocycles. The van der Waals surface area contributed by atoms with Crippen molar-refractivity contribution in [1.29, 1.82) is 0 Å². The maximum Gasteiger partial charge on any atom is 0.0485 e. The van der Waals surface area contributed by atoms with E-state index in [4.69, 9.17) is 17.3 Å². The van der Waals surface area contributed by atoms with Crippen LogP contribution in [0.1, 0.15) is 31.0 Å². The summed E-state index contributed by atoms with van der Waals surface area (Å²) in [7, 11) is 0. The van der Waals surface area contributed by atoms with Gasteiger partial charge in [0.2, 0.25) is 0 Å². The van der Waals surface area contributed by atoms with Gasteiger partial charge in [-0.05, 0) is 24.5 Å². The molecule has 2 heteroatoms. The summed E-state index contributed by atoms with van der Waals surface area (Å²) in [6, 6.07) is 6.04. The van der Waals surface area contributed by atoms with Crippen LogP contribution < -0.4 is 5.73 Å². The van der Waals surface area contributed by atoms with Crippen molar-refractivity contribution in [2.24, 2.45) is 5.73 Å². The van der Waals surface area contributed by atoms with E-state index in [1.165, 1.54) is 5.56 Å². The minimum atomic E-state index is 0.0176. The molecule has 0 aliphatic heterocycles. The lowest BCUT2D eigenvalue weighted by Crippen LogP contribution is -2.06. The van der Waals surface area contributed by atoms with Gasteiger partial charge in [0, 0.05) is 11.1 Å². The van der Waals surface area contributed by atoms with Gasteiger partial charge in [-0.25, -0.2) is 0 Å². The van der Waals surface area contributed by atoms with Crippen LogP contribution in [0.15, 0.2) is 18.2 Å². The van der Waals surface area contributed by atoms with E-state index in [0.717, 1.165) is 17.0 Å². The molecular weight excluding hydrogens is 170 g/mol. The van der Waals surface area contributed by atoms with Gasteiger partial charge in [0.1, 0.15) is 0 Å². The van der Waals surface area contributed by atoms with Gasteiger partial charge >= 0.3 is 0 Å². The van der Waals surface area contributed by atoms with Gasteiger partial charge in [-0.1, -0.05) is 36.7 Å². The first-order valence-corrected chi connectivity index (χ1v) is 4.57. The molecule has 1 aromatic rings. The molecule has 1 unspecified atom stereocenters. The van der Waals surface area contributed by atoms with E-state index in [9.17, 15) is 0 Å². The van der Waals surface area contributed by atoms with E-state index < -0.39 is 0 Å². The second-order valence-corrected chi connectivity index (χ2v) is 3.34. The quantitative estimate of drug-likeness (QED) is 0.750. The van der Waals surface area contributed by atoms with Crippen molar-refractivity contribution in [3.63, 3.8) is 0 Å². The minimum Gasteiger partial charge on any atom is -0.324 e. The lowest BCUT2D eigenvalue weighted by Gasteiger charge is -2.10. The van der Waals surface area contributed by atoms with Crippen molar-refractivity contribution in [3.8, 4) is 0 Å². The first-order valence-electron chi connectivity index (χ1n) is 4.19. The maximum absolute atomic E-state index is 6.12. The molecule has 0 bridgehead atoms. The third-order valence-electron chi connectivity index (χ3n) is 1.98. The number of aryl methyl sites for hydroxylation is 1. The van der Waals surface area contributed by atoms with Crippen molar-refractivity contribution in [3.05, 3.63) is 34.3 Å². The van der Waals surface area contributed by atoms with Gasteiger partial charge in [0.15, 0.2) is 0 Å². The number of rotatable bonds is 2. The molecule has 0 saturated heterocycles. The van der Waals surface area contributed by atoms with Crippen LogP contribution in [0.3, 0.4) is 0 Å². The van der Waals surface area contributed by atoms with Gasteiger partial charge in [-0.15, -0.1) is 0 Å². The molecular formula is C10H14ClN. The average molecular weight is 184 g/mol. The third-order valence-corrected chi connectivity index (χ3v) is 2.44. The van der Waals surface area contributed by atoms with Gasteiger partial charge in [0.25, 0.3) is 0 Å². The lowest BCUT2D eigenvalue weighted by molar-refractivity contribution is 0.815. The Labute approximate surface area is 78.5 Å².